The van der Waals surface area contributed by atoms with Gasteiger partial charge in [-0.3, -0.25) is 0 Å². The monoisotopic (exact) mass is 224 g/mol. The Kier molecular flexibility index (Phi) is 9.39. The van der Waals surface area contributed by atoms with Crippen LogP contribution in [0.25, 0.3) is 0 Å². The Morgan fingerprint density at radius 2 is 1.06 bits per heavy atom. The van der Waals surface area contributed by atoms with Crippen LogP contribution in [0.3, 0.4) is 0 Å². The molecule has 0 atom stereocenters. The highest BCUT2D eigenvalue weighted by molar-refractivity contribution is 4.73. The van der Waals surface area contributed by atoms with Crippen molar-refractivity contribution >= 4 is 0 Å². The molecule has 0 spiro atoms. The summed E-state index contributed by atoms with van der Waals surface area (Å²) in [4.78, 5) is 0. The minimum Gasteiger partial charge on any atom is -0.502 e. The molecule has 0 saturated heterocycles. The molecule has 0 bridgehead atoms. The molecular formula is C15H28O. The van der Waals surface area contributed by atoms with Crippen LogP contribution in [0.5, 0.6) is 0 Å². The second kappa shape index (κ2) is 11.0. The van der Waals surface area contributed by atoms with E-state index in [-0.39, 0.29) is 0 Å². The van der Waals surface area contributed by atoms with Gasteiger partial charge in [-0.15, -0.1) is 0 Å². The van der Waals surface area contributed by atoms with Crippen molar-refractivity contribution < 1.29 is 4.74 Å². The van der Waals surface area contributed by atoms with E-state index >= 15 is 0 Å². The lowest BCUT2D eigenvalue weighted by molar-refractivity contribution is 0.239. The quantitative estimate of drug-likeness (QED) is 0.548. The van der Waals surface area contributed by atoms with E-state index in [1.807, 2.05) is 6.26 Å². The minimum atomic E-state index is 0.913. The summed E-state index contributed by atoms with van der Waals surface area (Å²) < 4.78 is 5.45. The smallest absolute Gasteiger partial charge is 0.0873 e. The van der Waals surface area contributed by atoms with Gasteiger partial charge in [0.05, 0.1) is 12.9 Å². The van der Waals surface area contributed by atoms with Crippen molar-refractivity contribution in [1.82, 2.24) is 0 Å². The molecule has 0 aliphatic carbocycles. The van der Waals surface area contributed by atoms with Crippen LogP contribution in [-0.4, -0.2) is 6.61 Å². The van der Waals surface area contributed by atoms with Crippen molar-refractivity contribution in [3.63, 3.8) is 0 Å². The first kappa shape index (κ1) is 13.6. The summed E-state index contributed by atoms with van der Waals surface area (Å²) in [6.07, 6.45) is 20.6. The normalized spacial score (nSPS) is 22.5. The SMILES string of the molecule is C1=COCCCCCCCCCCCCC1. The summed E-state index contributed by atoms with van der Waals surface area (Å²) in [5.74, 6) is 0. The maximum atomic E-state index is 5.45. The Bertz CT molecular complexity index is 145. The topological polar surface area (TPSA) is 9.23 Å². The summed E-state index contributed by atoms with van der Waals surface area (Å²) in [6, 6.07) is 0. The first-order valence-corrected chi connectivity index (χ1v) is 7.27. The lowest BCUT2D eigenvalue weighted by Crippen LogP contribution is -1.89. The van der Waals surface area contributed by atoms with Gasteiger partial charge >= 0.3 is 0 Å². The third-order valence-corrected chi connectivity index (χ3v) is 3.33. The van der Waals surface area contributed by atoms with Gasteiger partial charge in [0.1, 0.15) is 0 Å². The zero-order valence-corrected chi connectivity index (χ0v) is 10.8. The number of ether oxygens (including phenoxy) is 1. The van der Waals surface area contributed by atoms with Crippen molar-refractivity contribution in [2.24, 2.45) is 0 Å². The maximum absolute atomic E-state index is 5.45. The molecule has 0 radical (unpaired) electrons. The average Bonchev–Trinajstić information content (AvgIpc) is 2.29. The molecule has 0 aromatic carbocycles. The van der Waals surface area contributed by atoms with Crippen molar-refractivity contribution in [2.75, 3.05) is 6.61 Å². The zero-order valence-electron chi connectivity index (χ0n) is 10.8. The summed E-state index contributed by atoms with van der Waals surface area (Å²) in [5, 5.41) is 0. The summed E-state index contributed by atoms with van der Waals surface area (Å²) in [7, 11) is 0. The molecular weight excluding hydrogens is 196 g/mol. The van der Waals surface area contributed by atoms with Crippen LogP contribution < -0.4 is 0 Å². The molecule has 1 heterocycles. The van der Waals surface area contributed by atoms with Gasteiger partial charge in [-0.2, -0.15) is 0 Å². The molecule has 1 rings (SSSR count). The molecule has 1 aliphatic rings. The fourth-order valence-corrected chi connectivity index (χ4v) is 2.24. The van der Waals surface area contributed by atoms with Gasteiger partial charge in [0.15, 0.2) is 0 Å². The Hall–Kier alpha value is -0.460. The van der Waals surface area contributed by atoms with E-state index in [0.29, 0.717) is 0 Å². The van der Waals surface area contributed by atoms with E-state index in [2.05, 4.69) is 6.08 Å². The van der Waals surface area contributed by atoms with Gasteiger partial charge in [-0.05, 0) is 25.3 Å². The number of allylic oxidation sites excluding steroid dienone is 1. The first-order valence-electron chi connectivity index (χ1n) is 7.27. The third-order valence-electron chi connectivity index (χ3n) is 3.33. The standard InChI is InChI=1S/C15H28O/c1-2-4-6-8-10-12-14-16-15-13-11-9-7-5-3-1/h12,14H,1-11,13,15H2. The van der Waals surface area contributed by atoms with Gasteiger partial charge in [0.25, 0.3) is 0 Å². The van der Waals surface area contributed by atoms with E-state index in [9.17, 15) is 0 Å². The highest BCUT2D eigenvalue weighted by Crippen LogP contribution is 2.12. The van der Waals surface area contributed by atoms with Gasteiger partial charge in [0.2, 0.25) is 0 Å². The van der Waals surface area contributed by atoms with E-state index in [0.717, 1.165) is 6.61 Å². The lowest BCUT2D eigenvalue weighted by Gasteiger charge is -2.04. The Balaban J connectivity index is 2.07. The summed E-state index contributed by atoms with van der Waals surface area (Å²) >= 11 is 0. The average molecular weight is 224 g/mol. The van der Waals surface area contributed by atoms with Crippen molar-refractivity contribution in [3.8, 4) is 0 Å². The Morgan fingerprint density at radius 1 is 0.562 bits per heavy atom. The second-order valence-corrected chi connectivity index (χ2v) is 4.92. The van der Waals surface area contributed by atoms with Crippen LogP contribution in [0.4, 0.5) is 0 Å². The summed E-state index contributed by atoms with van der Waals surface area (Å²) in [5.41, 5.74) is 0. The summed E-state index contributed by atoms with van der Waals surface area (Å²) in [6.45, 7) is 0.913. The van der Waals surface area contributed by atoms with Crippen LogP contribution >= 0.6 is 0 Å². The van der Waals surface area contributed by atoms with E-state index in [1.54, 1.807) is 0 Å². The minimum absolute atomic E-state index is 0.913. The molecule has 16 heavy (non-hydrogen) atoms. The number of hydrogen-bond acceptors (Lipinski definition) is 1. The van der Waals surface area contributed by atoms with Crippen molar-refractivity contribution in [2.45, 2.75) is 77.0 Å². The van der Waals surface area contributed by atoms with Crippen molar-refractivity contribution in [3.05, 3.63) is 12.3 Å². The number of rotatable bonds is 0. The maximum Gasteiger partial charge on any atom is 0.0873 e. The molecule has 1 aliphatic heterocycles. The van der Waals surface area contributed by atoms with E-state index in [1.165, 1.54) is 77.0 Å². The van der Waals surface area contributed by atoms with Crippen LogP contribution in [-0.2, 0) is 4.74 Å². The third kappa shape index (κ3) is 8.82. The molecule has 1 heteroatoms. The molecule has 0 N–H and O–H groups in total. The number of hydrogen-bond donors (Lipinski definition) is 0. The predicted molar refractivity (Wildman–Crippen MR) is 70.5 cm³/mol. The molecule has 0 saturated carbocycles. The predicted octanol–water partition coefficient (Wildman–Crippen LogP) is 5.21. The van der Waals surface area contributed by atoms with Crippen LogP contribution in [0.1, 0.15) is 77.0 Å². The van der Waals surface area contributed by atoms with Gasteiger partial charge in [0, 0.05) is 0 Å². The molecule has 0 aromatic rings. The lowest BCUT2D eigenvalue weighted by atomic mass is 10.1. The van der Waals surface area contributed by atoms with Crippen LogP contribution in [0, 0.1) is 0 Å². The highest BCUT2D eigenvalue weighted by atomic mass is 16.5. The molecule has 0 unspecified atom stereocenters. The fourth-order valence-electron chi connectivity index (χ4n) is 2.24. The zero-order chi connectivity index (χ0) is 11.3. The van der Waals surface area contributed by atoms with Gasteiger partial charge in [-0.1, -0.05) is 57.8 Å². The molecule has 1 nitrogen and oxygen atoms in total. The van der Waals surface area contributed by atoms with Gasteiger partial charge < -0.3 is 4.74 Å². The molecule has 0 fully saturated rings. The second-order valence-electron chi connectivity index (χ2n) is 4.92. The molecule has 0 amide bonds. The fraction of sp³-hybridized carbons (Fsp3) is 0.867. The Labute approximate surface area is 101 Å². The van der Waals surface area contributed by atoms with Crippen LogP contribution in [0.2, 0.25) is 0 Å². The largest absolute Gasteiger partial charge is 0.502 e. The van der Waals surface area contributed by atoms with E-state index < -0.39 is 0 Å². The molecule has 94 valence electrons. The van der Waals surface area contributed by atoms with Crippen LogP contribution in [0.15, 0.2) is 12.3 Å². The molecule has 0 aromatic heterocycles. The first-order chi connectivity index (χ1) is 8.00. The van der Waals surface area contributed by atoms with Crippen molar-refractivity contribution in [1.29, 1.82) is 0 Å². The van der Waals surface area contributed by atoms with E-state index in [4.69, 9.17) is 4.74 Å². The Morgan fingerprint density at radius 3 is 1.69 bits per heavy atom. The highest BCUT2D eigenvalue weighted by Gasteiger charge is 1.94. The van der Waals surface area contributed by atoms with Gasteiger partial charge in [-0.25, -0.2) is 0 Å².